The van der Waals surface area contributed by atoms with Crippen molar-refractivity contribution in [1.29, 1.82) is 0 Å². The first-order valence-electron chi connectivity index (χ1n) is 9.26. The minimum absolute atomic E-state index is 0.00230. The fourth-order valence-corrected chi connectivity index (χ4v) is 3.96. The lowest BCUT2D eigenvalue weighted by molar-refractivity contribution is -0.120. The Morgan fingerprint density at radius 3 is 2.41 bits per heavy atom. The van der Waals surface area contributed by atoms with Crippen LogP contribution in [0.25, 0.3) is 0 Å². The molecule has 1 N–H and O–H groups in total. The Kier molecular flexibility index (Phi) is 5.10. The zero-order chi connectivity index (χ0) is 20.4. The highest BCUT2D eigenvalue weighted by atomic mass is 32.2. The first-order chi connectivity index (χ1) is 13.9. The smallest absolute Gasteiger partial charge is 0.227 e. The number of amides is 1. The summed E-state index contributed by atoms with van der Waals surface area (Å²) in [7, 11) is -3.23. The molecule has 0 unspecified atom stereocenters. The topological polar surface area (TPSA) is 90.3 Å². The van der Waals surface area contributed by atoms with Crippen molar-refractivity contribution in [2.75, 3.05) is 11.6 Å². The van der Waals surface area contributed by atoms with Gasteiger partial charge >= 0.3 is 0 Å². The van der Waals surface area contributed by atoms with Gasteiger partial charge < -0.3 is 14.6 Å². The number of hydrogen-bond donors (Lipinski definition) is 1. The van der Waals surface area contributed by atoms with Gasteiger partial charge in [0.1, 0.15) is 11.5 Å². The third kappa shape index (κ3) is 4.48. The van der Waals surface area contributed by atoms with Crippen molar-refractivity contribution in [2.24, 2.45) is 5.92 Å². The van der Waals surface area contributed by atoms with Crippen molar-refractivity contribution in [1.82, 2.24) is 9.55 Å². The first-order valence-corrected chi connectivity index (χ1v) is 11.2. The lowest BCUT2D eigenvalue weighted by atomic mass is 9.95. The van der Waals surface area contributed by atoms with Crippen LogP contribution in [0, 0.1) is 5.92 Å². The summed E-state index contributed by atoms with van der Waals surface area (Å²) < 4.78 is 30.8. The van der Waals surface area contributed by atoms with Crippen LogP contribution in [0.3, 0.4) is 0 Å². The summed E-state index contributed by atoms with van der Waals surface area (Å²) >= 11 is 0. The third-order valence-corrected chi connectivity index (χ3v) is 6.08. The maximum Gasteiger partial charge on any atom is 0.227 e. The van der Waals surface area contributed by atoms with Crippen molar-refractivity contribution in [3.63, 3.8) is 0 Å². The van der Waals surface area contributed by atoms with Gasteiger partial charge in [-0.1, -0.05) is 0 Å². The predicted octanol–water partition coefficient (Wildman–Crippen LogP) is 3.28. The van der Waals surface area contributed by atoms with Gasteiger partial charge in [0.25, 0.3) is 0 Å². The van der Waals surface area contributed by atoms with Gasteiger partial charge in [-0.25, -0.2) is 13.4 Å². The molecule has 8 heteroatoms. The van der Waals surface area contributed by atoms with Crippen LogP contribution in [-0.2, 0) is 27.6 Å². The van der Waals surface area contributed by atoms with Crippen molar-refractivity contribution in [3.8, 4) is 11.5 Å². The summed E-state index contributed by atoms with van der Waals surface area (Å²) in [6, 6.07) is 13.3. The molecule has 1 aromatic heterocycles. The zero-order valence-electron chi connectivity index (χ0n) is 15.9. The fourth-order valence-electron chi connectivity index (χ4n) is 3.33. The van der Waals surface area contributed by atoms with E-state index in [-0.39, 0.29) is 16.7 Å². The number of rotatable bonds is 5. The molecule has 0 bridgehead atoms. The Morgan fingerprint density at radius 1 is 1.10 bits per heavy atom. The molecule has 1 aliphatic heterocycles. The van der Waals surface area contributed by atoms with E-state index < -0.39 is 9.84 Å². The molecule has 0 fully saturated rings. The van der Waals surface area contributed by atoms with Crippen LogP contribution in [-0.4, -0.2) is 30.1 Å². The number of nitrogens with zero attached hydrogens (tertiary/aromatic N) is 2. The highest BCUT2D eigenvalue weighted by Crippen LogP contribution is 2.26. The Balaban J connectivity index is 1.36. The Labute approximate surface area is 169 Å². The summed E-state index contributed by atoms with van der Waals surface area (Å²) in [5, 5.41) is 2.96. The first kappa shape index (κ1) is 19.2. The number of carbonyl (C=O) groups is 1. The molecule has 2 aromatic carbocycles. The molecule has 2 heterocycles. The van der Waals surface area contributed by atoms with E-state index in [2.05, 4.69) is 14.9 Å². The molecule has 150 valence electrons. The van der Waals surface area contributed by atoms with Gasteiger partial charge in [-0.2, -0.15) is 0 Å². The maximum absolute atomic E-state index is 12.6. The van der Waals surface area contributed by atoms with E-state index in [0.717, 1.165) is 24.9 Å². The monoisotopic (exact) mass is 411 g/mol. The average Bonchev–Trinajstić information content (AvgIpc) is 3.17. The highest BCUT2D eigenvalue weighted by Gasteiger charge is 2.24. The van der Waals surface area contributed by atoms with Crippen LogP contribution in [0.4, 0.5) is 5.69 Å². The predicted molar refractivity (Wildman–Crippen MR) is 109 cm³/mol. The van der Waals surface area contributed by atoms with Crippen LogP contribution in [0.2, 0.25) is 0 Å². The number of carbonyl (C=O) groups excluding carboxylic acids is 1. The van der Waals surface area contributed by atoms with Crippen molar-refractivity contribution < 1.29 is 17.9 Å². The molecule has 7 nitrogen and oxygen atoms in total. The van der Waals surface area contributed by atoms with Crippen LogP contribution in [0.15, 0.2) is 66.0 Å². The van der Waals surface area contributed by atoms with Gasteiger partial charge in [0, 0.05) is 42.7 Å². The van der Waals surface area contributed by atoms with Gasteiger partial charge in [0.05, 0.1) is 11.2 Å². The van der Waals surface area contributed by atoms with Crippen molar-refractivity contribution in [3.05, 3.63) is 66.7 Å². The lowest BCUT2D eigenvalue weighted by Crippen LogP contribution is -2.29. The Bertz CT molecular complexity index is 1120. The van der Waals surface area contributed by atoms with Gasteiger partial charge in [-0.05, 0) is 55.0 Å². The van der Waals surface area contributed by atoms with E-state index in [9.17, 15) is 13.2 Å². The number of ether oxygens (including phenoxy) is 1. The number of benzene rings is 2. The molecule has 0 saturated carbocycles. The summed E-state index contributed by atoms with van der Waals surface area (Å²) in [4.78, 5) is 16.9. The fraction of sp³-hybridized carbons (Fsp3) is 0.238. The van der Waals surface area contributed by atoms with Crippen LogP contribution in [0.1, 0.15) is 12.1 Å². The second-order valence-corrected chi connectivity index (χ2v) is 9.14. The van der Waals surface area contributed by atoms with Gasteiger partial charge in [-0.15, -0.1) is 0 Å². The zero-order valence-corrected chi connectivity index (χ0v) is 16.7. The van der Waals surface area contributed by atoms with Gasteiger partial charge in [0.15, 0.2) is 9.84 Å². The molecular weight excluding hydrogens is 390 g/mol. The lowest BCUT2D eigenvalue weighted by Gasteiger charge is -2.23. The summed E-state index contributed by atoms with van der Waals surface area (Å²) in [6.07, 6.45) is 6.26. The molecule has 1 atom stereocenters. The van der Waals surface area contributed by atoms with Gasteiger partial charge in [-0.3, -0.25) is 4.79 Å². The molecule has 3 aromatic rings. The Hall–Kier alpha value is -3.13. The normalized spacial score (nSPS) is 16.1. The number of aryl methyl sites for hydroxylation is 1. The molecule has 1 amide bonds. The number of hydrogen-bond acceptors (Lipinski definition) is 5. The SMILES string of the molecule is CS(=O)(=O)c1ccc(Oc2ccc(NC(=O)[C@@H]3CCn4cncc4C3)cc2)cc1. The summed E-state index contributed by atoms with van der Waals surface area (Å²) in [6.45, 7) is 0.804. The number of imidazole rings is 1. The number of aromatic nitrogens is 2. The molecule has 0 spiro atoms. The summed E-state index contributed by atoms with van der Waals surface area (Å²) in [5.74, 6) is 1.07. The second kappa shape index (κ2) is 7.71. The maximum atomic E-state index is 12.6. The van der Waals surface area contributed by atoms with E-state index in [1.165, 1.54) is 12.1 Å². The molecule has 0 radical (unpaired) electrons. The number of anilines is 1. The molecule has 0 aliphatic carbocycles. The van der Waals surface area contributed by atoms with E-state index in [0.29, 0.717) is 23.6 Å². The largest absolute Gasteiger partial charge is 0.457 e. The third-order valence-electron chi connectivity index (χ3n) is 4.95. The molecule has 0 saturated heterocycles. The molecule has 4 rings (SSSR count). The standard InChI is InChI=1S/C21H21N3O4S/c1-29(26,27)20-8-6-19(7-9-20)28-18-4-2-16(3-5-18)23-21(25)15-10-11-24-14-22-13-17(24)12-15/h2-9,13-15H,10-12H2,1H3,(H,23,25)/t15-/m1/s1. The number of fused-ring (bicyclic) bond motifs is 1. The molecular formula is C21H21N3O4S. The van der Waals surface area contributed by atoms with Crippen LogP contribution >= 0.6 is 0 Å². The molecule has 29 heavy (non-hydrogen) atoms. The minimum atomic E-state index is -3.23. The highest BCUT2D eigenvalue weighted by molar-refractivity contribution is 7.90. The second-order valence-electron chi connectivity index (χ2n) is 7.13. The average molecular weight is 411 g/mol. The van der Waals surface area contributed by atoms with E-state index >= 15 is 0 Å². The Morgan fingerprint density at radius 2 is 1.76 bits per heavy atom. The van der Waals surface area contributed by atoms with E-state index in [1.807, 2.05) is 6.20 Å². The molecule has 1 aliphatic rings. The quantitative estimate of drug-likeness (QED) is 0.696. The minimum Gasteiger partial charge on any atom is -0.457 e. The summed E-state index contributed by atoms with van der Waals surface area (Å²) in [5.41, 5.74) is 1.79. The van der Waals surface area contributed by atoms with Crippen molar-refractivity contribution in [2.45, 2.75) is 24.3 Å². The van der Waals surface area contributed by atoms with Gasteiger partial charge in [0.2, 0.25) is 5.91 Å². The van der Waals surface area contributed by atoms with E-state index in [4.69, 9.17) is 4.74 Å². The number of sulfone groups is 1. The van der Waals surface area contributed by atoms with Crippen LogP contribution < -0.4 is 10.1 Å². The van der Waals surface area contributed by atoms with Crippen molar-refractivity contribution >= 4 is 21.4 Å². The number of nitrogens with one attached hydrogen (secondary N) is 1. The van der Waals surface area contributed by atoms with Crippen LogP contribution in [0.5, 0.6) is 11.5 Å². The van der Waals surface area contributed by atoms with E-state index in [1.54, 1.807) is 42.7 Å².